The summed E-state index contributed by atoms with van der Waals surface area (Å²) in [5, 5.41) is 0. The van der Waals surface area contributed by atoms with E-state index in [1.165, 1.54) is 6.42 Å². The Hall–Kier alpha value is -1.13. The molecule has 2 N–H and O–H groups in total. The first kappa shape index (κ1) is 14.9. The van der Waals surface area contributed by atoms with Crippen LogP contribution in [0.3, 0.4) is 0 Å². The van der Waals surface area contributed by atoms with Crippen molar-refractivity contribution in [3.8, 4) is 5.75 Å². The second-order valence-corrected chi connectivity index (χ2v) is 4.50. The second-order valence-electron chi connectivity index (χ2n) is 4.06. The summed E-state index contributed by atoms with van der Waals surface area (Å²) in [6, 6.07) is 7.50. The number of rotatable bonds is 9. The molecule has 1 rings (SSSR count). The molecule has 0 aromatic heterocycles. The molecule has 0 fully saturated rings. The summed E-state index contributed by atoms with van der Waals surface area (Å²) in [6.45, 7) is 4.42. The van der Waals surface area contributed by atoms with Gasteiger partial charge in [-0.05, 0) is 30.7 Å². The quantitative estimate of drug-likeness (QED) is 0.552. The summed E-state index contributed by atoms with van der Waals surface area (Å²) in [7, 11) is 0. The first-order valence-corrected chi connectivity index (χ1v) is 6.75. The van der Waals surface area contributed by atoms with Crippen LogP contribution < -0.4 is 10.5 Å². The summed E-state index contributed by atoms with van der Waals surface area (Å²) < 4.78 is 11.0. The topological polar surface area (TPSA) is 44.5 Å². The Morgan fingerprint density at radius 3 is 2.39 bits per heavy atom. The van der Waals surface area contributed by atoms with Crippen LogP contribution in [0.1, 0.15) is 31.7 Å². The van der Waals surface area contributed by atoms with Crippen LogP contribution in [0.15, 0.2) is 24.3 Å². The van der Waals surface area contributed by atoms with Crippen LogP contribution in [-0.2, 0) is 4.74 Å². The predicted molar refractivity (Wildman–Crippen MR) is 78.2 cm³/mol. The van der Waals surface area contributed by atoms with Gasteiger partial charge in [-0.25, -0.2) is 0 Å². The van der Waals surface area contributed by atoms with Gasteiger partial charge in [-0.1, -0.05) is 25.6 Å². The average molecular weight is 267 g/mol. The zero-order chi connectivity index (χ0) is 13.2. The van der Waals surface area contributed by atoms with Crippen LogP contribution in [0.4, 0.5) is 0 Å². The van der Waals surface area contributed by atoms with Crippen molar-refractivity contribution < 1.29 is 9.47 Å². The minimum absolute atomic E-state index is 0.408. The maximum Gasteiger partial charge on any atom is 0.119 e. The molecule has 0 bridgehead atoms. The van der Waals surface area contributed by atoms with Gasteiger partial charge in [-0.3, -0.25) is 0 Å². The third-order valence-corrected chi connectivity index (χ3v) is 2.72. The van der Waals surface area contributed by atoms with Gasteiger partial charge in [-0.15, -0.1) is 0 Å². The van der Waals surface area contributed by atoms with Crippen molar-refractivity contribution in [2.45, 2.75) is 26.2 Å². The summed E-state index contributed by atoms with van der Waals surface area (Å²) in [6.07, 6.45) is 3.20. The van der Waals surface area contributed by atoms with E-state index < -0.39 is 0 Å². The molecule has 0 aliphatic rings. The molecule has 0 amide bonds. The largest absolute Gasteiger partial charge is 0.494 e. The van der Waals surface area contributed by atoms with Crippen molar-refractivity contribution >= 4 is 17.2 Å². The maximum atomic E-state index is 5.58. The Morgan fingerprint density at radius 2 is 1.78 bits per heavy atom. The van der Waals surface area contributed by atoms with Crippen molar-refractivity contribution in [2.24, 2.45) is 5.73 Å². The van der Waals surface area contributed by atoms with E-state index in [2.05, 4.69) is 6.92 Å². The fraction of sp³-hybridized carbons (Fsp3) is 0.500. The normalized spacial score (nSPS) is 10.3. The molecule has 100 valence electrons. The molecule has 4 heteroatoms. The van der Waals surface area contributed by atoms with Gasteiger partial charge in [0.1, 0.15) is 10.7 Å². The minimum atomic E-state index is 0.408. The molecule has 1 aromatic rings. The van der Waals surface area contributed by atoms with Crippen molar-refractivity contribution in [1.29, 1.82) is 0 Å². The van der Waals surface area contributed by atoms with Gasteiger partial charge in [-0.2, -0.15) is 0 Å². The third-order valence-electron chi connectivity index (χ3n) is 2.48. The van der Waals surface area contributed by atoms with E-state index in [4.69, 9.17) is 27.4 Å². The van der Waals surface area contributed by atoms with Crippen LogP contribution in [-0.4, -0.2) is 24.8 Å². The van der Waals surface area contributed by atoms with Crippen LogP contribution in [0, 0.1) is 0 Å². The molecular weight excluding hydrogens is 246 g/mol. The van der Waals surface area contributed by atoms with Crippen molar-refractivity contribution in [2.75, 3.05) is 19.8 Å². The molecular formula is C14H21NO2S. The highest BCUT2D eigenvalue weighted by atomic mass is 32.1. The number of thiocarbonyl (C=S) groups is 1. The van der Waals surface area contributed by atoms with Gasteiger partial charge in [0.05, 0.1) is 6.61 Å². The minimum Gasteiger partial charge on any atom is -0.494 e. The van der Waals surface area contributed by atoms with Gasteiger partial charge in [0, 0.05) is 25.2 Å². The summed E-state index contributed by atoms with van der Waals surface area (Å²) in [4.78, 5) is 0.408. The molecule has 0 heterocycles. The molecule has 0 spiro atoms. The van der Waals surface area contributed by atoms with E-state index >= 15 is 0 Å². The summed E-state index contributed by atoms with van der Waals surface area (Å²) in [5.41, 5.74) is 6.38. The van der Waals surface area contributed by atoms with E-state index in [1.54, 1.807) is 0 Å². The highest BCUT2D eigenvalue weighted by Gasteiger charge is 1.97. The molecule has 1 aromatic carbocycles. The molecule has 0 aliphatic heterocycles. The van der Waals surface area contributed by atoms with Crippen molar-refractivity contribution in [3.63, 3.8) is 0 Å². The Balaban J connectivity index is 2.14. The molecule has 3 nitrogen and oxygen atoms in total. The maximum absolute atomic E-state index is 5.58. The van der Waals surface area contributed by atoms with E-state index in [1.807, 2.05) is 24.3 Å². The molecule has 0 atom stereocenters. The lowest BCUT2D eigenvalue weighted by Gasteiger charge is -2.07. The van der Waals surface area contributed by atoms with E-state index in [0.717, 1.165) is 37.4 Å². The number of unbranched alkanes of at least 4 members (excludes halogenated alkanes) is 1. The van der Waals surface area contributed by atoms with Crippen LogP contribution in [0.5, 0.6) is 5.75 Å². The van der Waals surface area contributed by atoms with Crippen LogP contribution >= 0.6 is 12.2 Å². The summed E-state index contributed by atoms with van der Waals surface area (Å²) in [5.74, 6) is 0.837. The van der Waals surface area contributed by atoms with Gasteiger partial charge >= 0.3 is 0 Å². The summed E-state index contributed by atoms with van der Waals surface area (Å²) >= 11 is 4.88. The number of nitrogens with two attached hydrogens (primary N) is 1. The highest BCUT2D eigenvalue weighted by molar-refractivity contribution is 7.80. The lowest BCUT2D eigenvalue weighted by Crippen LogP contribution is -2.09. The fourth-order valence-electron chi connectivity index (χ4n) is 1.41. The number of benzene rings is 1. The monoisotopic (exact) mass is 267 g/mol. The first-order chi connectivity index (χ1) is 8.74. The van der Waals surface area contributed by atoms with Crippen LogP contribution in [0.2, 0.25) is 0 Å². The number of hydrogen-bond donors (Lipinski definition) is 1. The molecule has 0 unspecified atom stereocenters. The molecule has 0 saturated carbocycles. The van der Waals surface area contributed by atoms with Crippen molar-refractivity contribution in [1.82, 2.24) is 0 Å². The second kappa shape index (κ2) is 8.89. The third kappa shape index (κ3) is 5.98. The zero-order valence-electron chi connectivity index (χ0n) is 10.9. The van der Waals surface area contributed by atoms with Crippen molar-refractivity contribution in [3.05, 3.63) is 29.8 Å². The fourth-order valence-corrected chi connectivity index (χ4v) is 1.55. The predicted octanol–water partition coefficient (Wildman–Crippen LogP) is 2.91. The van der Waals surface area contributed by atoms with E-state index in [0.29, 0.717) is 11.6 Å². The Kier molecular flexibility index (Phi) is 7.37. The lowest BCUT2D eigenvalue weighted by molar-refractivity contribution is 0.117. The standard InChI is InChI=1S/C14H21NO2S/c1-2-3-9-16-10-4-11-17-13-7-5-12(6-8-13)14(15)18/h5-8H,2-4,9-11H2,1H3,(H2,15,18). The highest BCUT2D eigenvalue weighted by Crippen LogP contribution is 2.12. The van der Waals surface area contributed by atoms with Crippen LogP contribution in [0.25, 0.3) is 0 Å². The smallest absolute Gasteiger partial charge is 0.119 e. The number of ether oxygens (including phenoxy) is 2. The van der Waals surface area contributed by atoms with Gasteiger partial charge in [0.15, 0.2) is 0 Å². The molecule has 0 aliphatic carbocycles. The Morgan fingerprint density at radius 1 is 1.11 bits per heavy atom. The van der Waals surface area contributed by atoms with E-state index in [9.17, 15) is 0 Å². The zero-order valence-corrected chi connectivity index (χ0v) is 11.7. The molecule has 18 heavy (non-hydrogen) atoms. The van der Waals surface area contributed by atoms with Gasteiger partial charge in [0.2, 0.25) is 0 Å². The Labute approximate surface area is 114 Å². The van der Waals surface area contributed by atoms with E-state index in [-0.39, 0.29) is 0 Å². The van der Waals surface area contributed by atoms with Gasteiger partial charge in [0.25, 0.3) is 0 Å². The van der Waals surface area contributed by atoms with Gasteiger partial charge < -0.3 is 15.2 Å². The molecule has 0 saturated heterocycles. The number of hydrogen-bond acceptors (Lipinski definition) is 3. The molecule has 0 radical (unpaired) electrons. The average Bonchev–Trinajstić information content (AvgIpc) is 2.38. The lowest BCUT2D eigenvalue weighted by atomic mass is 10.2. The SMILES string of the molecule is CCCCOCCCOc1ccc(C(N)=S)cc1. The first-order valence-electron chi connectivity index (χ1n) is 6.34. The Bertz CT molecular complexity index is 351.